The largest absolute Gasteiger partial charge is 0.351 e. The van der Waals surface area contributed by atoms with Crippen molar-refractivity contribution in [1.82, 2.24) is 29.8 Å². The first kappa shape index (κ1) is 19.5. The lowest BCUT2D eigenvalue weighted by Crippen LogP contribution is -2.37. The molecule has 8 nitrogen and oxygen atoms in total. The van der Waals surface area contributed by atoms with Gasteiger partial charge in [0.05, 0.1) is 12.2 Å². The number of carbonyl (C=O) groups is 2. The summed E-state index contributed by atoms with van der Waals surface area (Å²) in [6.07, 6.45) is 6.72. The molecule has 5 rings (SSSR count). The second-order valence-electron chi connectivity index (χ2n) is 8.24. The molecule has 1 aliphatic heterocycles. The van der Waals surface area contributed by atoms with Gasteiger partial charge in [-0.3, -0.25) is 14.3 Å². The number of nitrogens with one attached hydrogen (secondary N) is 1. The van der Waals surface area contributed by atoms with E-state index < -0.39 is 0 Å². The van der Waals surface area contributed by atoms with Crippen LogP contribution in [0, 0.1) is 5.92 Å². The van der Waals surface area contributed by atoms with Crippen LogP contribution in [-0.4, -0.2) is 49.4 Å². The minimum absolute atomic E-state index is 0.0450. The Morgan fingerprint density at radius 2 is 2.10 bits per heavy atom. The van der Waals surface area contributed by atoms with Gasteiger partial charge in [-0.25, -0.2) is 4.68 Å². The normalized spacial score (nSPS) is 15.6. The zero-order chi connectivity index (χ0) is 21.4. The highest BCUT2D eigenvalue weighted by molar-refractivity contribution is 5.96. The van der Waals surface area contributed by atoms with E-state index in [1.165, 1.54) is 12.8 Å². The summed E-state index contributed by atoms with van der Waals surface area (Å²) < 4.78 is 3.75. The van der Waals surface area contributed by atoms with Gasteiger partial charge in [0, 0.05) is 55.3 Å². The van der Waals surface area contributed by atoms with E-state index in [9.17, 15) is 9.59 Å². The summed E-state index contributed by atoms with van der Waals surface area (Å²) in [6, 6.07) is 9.32. The van der Waals surface area contributed by atoms with Gasteiger partial charge in [0.2, 0.25) is 0 Å². The highest BCUT2D eigenvalue weighted by Crippen LogP contribution is 2.33. The van der Waals surface area contributed by atoms with Crippen LogP contribution in [0.4, 0.5) is 0 Å². The molecular weight excluding hydrogens is 392 g/mol. The Labute approximate surface area is 180 Å². The Bertz CT molecular complexity index is 1110. The molecule has 1 saturated carbocycles. The Morgan fingerprint density at radius 1 is 1.23 bits per heavy atom. The zero-order valence-electron chi connectivity index (χ0n) is 17.6. The van der Waals surface area contributed by atoms with Crippen molar-refractivity contribution in [1.29, 1.82) is 0 Å². The Hall–Kier alpha value is -3.42. The van der Waals surface area contributed by atoms with Crippen LogP contribution in [0.1, 0.15) is 51.9 Å². The topological polar surface area (TPSA) is 85.0 Å². The van der Waals surface area contributed by atoms with Gasteiger partial charge >= 0.3 is 0 Å². The summed E-state index contributed by atoms with van der Waals surface area (Å²) in [5.74, 6) is 0.454. The van der Waals surface area contributed by atoms with E-state index in [1.807, 2.05) is 53.0 Å². The molecule has 0 bridgehead atoms. The van der Waals surface area contributed by atoms with Gasteiger partial charge in [-0.2, -0.15) is 10.2 Å². The van der Waals surface area contributed by atoms with Crippen LogP contribution < -0.4 is 5.32 Å². The van der Waals surface area contributed by atoms with E-state index in [2.05, 4.69) is 15.5 Å². The van der Waals surface area contributed by atoms with Gasteiger partial charge in [0.1, 0.15) is 0 Å². The van der Waals surface area contributed by atoms with Crippen LogP contribution in [0.25, 0.3) is 5.69 Å². The van der Waals surface area contributed by atoms with Gasteiger partial charge in [-0.1, -0.05) is 6.07 Å². The van der Waals surface area contributed by atoms with Crippen LogP contribution in [0.15, 0.2) is 42.7 Å². The number of carbonyl (C=O) groups excluding carboxylic acids is 2. The van der Waals surface area contributed by atoms with E-state index in [1.54, 1.807) is 10.9 Å². The van der Waals surface area contributed by atoms with Gasteiger partial charge in [-0.05, 0) is 49.9 Å². The standard InChI is InChI=1S/C23H26N6O2/c1-2-24-22(30)21-19-15-27(12-9-20(19)29(26-21)14-16-7-8-16)23(31)17-5-3-6-18(13-17)28-11-4-10-25-28/h3-6,10-11,13,16H,2,7-9,12,14-15H2,1H3,(H,24,30). The van der Waals surface area contributed by atoms with Crippen LogP contribution in [0.5, 0.6) is 0 Å². The van der Waals surface area contributed by atoms with Gasteiger partial charge in [0.25, 0.3) is 11.8 Å². The van der Waals surface area contributed by atoms with Crippen molar-refractivity contribution in [3.63, 3.8) is 0 Å². The third-order valence-electron chi connectivity index (χ3n) is 5.96. The van der Waals surface area contributed by atoms with Gasteiger partial charge in [-0.15, -0.1) is 0 Å². The average Bonchev–Trinajstić information content (AvgIpc) is 3.30. The molecular formula is C23H26N6O2. The zero-order valence-corrected chi connectivity index (χ0v) is 17.6. The minimum Gasteiger partial charge on any atom is -0.351 e. The van der Waals surface area contributed by atoms with Crippen molar-refractivity contribution in [2.75, 3.05) is 13.1 Å². The molecule has 0 unspecified atom stereocenters. The number of rotatable bonds is 6. The third-order valence-corrected chi connectivity index (χ3v) is 5.96. The predicted octanol–water partition coefficient (Wildman–Crippen LogP) is 2.43. The number of benzene rings is 1. The first-order valence-electron chi connectivity index (χ1n) is 10.9. The number of aromatic nitrogens is 4. The Kier molecular flexibility index (Phi) is 5.05. The Balaban J connectivity index is 1.42. The maximum absolute atomic E-state index is 13.3. The van der Waals surface area contributed by atoms with Gasteiger partial charge < -0.3 is 10.2 Å². The van der Waals surface area contributed by atoms with Crippen molar-refractivity contribution >= 4 is 11.8 Å². The SMILES string of the molecule is CCNC(=O)c1nn(CC2CC2)c2c1CN(C(=O)c1cccc(-n3cccn3)c1)CC2. The molecule has 1 fully saturated rings. The van der Waals surface area contributed by atoms with E-state index in [-0.39, 0.29) is 11.8 Å². The Morgan fingerprint density at radius 3 is 2.84 bits per heavy atom. The fraction of sp³-hybridized carbons (Fsp3) is 0.391. The number of hydrogen-bond donors (Lipinski definition) is 1. The summed E-state index contributed by atoms with van der Waals surface area (Å²) >= 11 is 0. The van der Waals surface area contributed by atoms with Crippen molar-refractivity contribution < 1.29 is 9.59 Å². The number of amides is 2. The van der Waals surface area contributed by atoms with E-state index in [0.29, 0.717) is 43.2 Å². The molecule has 1 N–H and O–H groups in total. The molecule has 0 spiro atoms. The molecule has 1 aromatic carbocycles. The molecule has 0 radical (unpaired) electrons. The lowest BCUT2D eigenvalue weighted by atomic mass is 10.0. The highest BCUT2D eigenvalue weighted by Gasteiger charge is 2.32. The molecule has 0 saturated heterocycles. The first-order valence-corrected chi connectivity index (χ1v) is 10.9. The molecule has 2 aliphatic rings. The van der Waals surface area contributed by atoms with E-state index >= 15 is 0 Å². The summed E-state index contributed by atoms with van der Waals surface area (Å²) in [6.45, 7) is 4.32. The van der Waals surface area contributed by atoms with Crippen molar-refractivity contribution in [2.45, 2.75) is 39.3 Å². The molecule has 3 heterocycles. The fourth-order valence-electron chi connectivity index (χ4n) is 4.17. The number of fused-ring (bicyclic) bond motifs is 1. The van der Waals surface area contributed by atoms with Crippen LogP contribution >= 0.6 is 0 Å². The molecule has 2 amide bonds. The second-order valence-corrected chi connectivity index (χ2v) is 8.24. The number of hydrogen-bond acceptors (Lipinski definition) is 4. The second kappa shape index (κ2) is 8.02. The molecule has 3 aromatic rings. The van der Waals surface area contributed by atoms with E-state index in [0.717, 1.165) is 23.5 Å². The summed E-state index contributed by atoms with van der Waals surface area (Å²) in [5, 5.41) is 11.8. The molecule has 0 atom stereocenters. The first-order chi connectivity index (χ1) is 15.1. The van der Waals surface area contributed by atoms with Crippen molar-refractivity contribution in [3.8, 4) is 5.69 Å². The molecule has 31 heavy (non-hydrogen) atoms. The maximum atomic E-state index is 13.3. The monoisotopic (exact) mass is 418 g/mol. The number of nitrogens with zero attached hydrogens (tertiary/aromatic N) is 5. The minimum atomic E-state index is -0.164. The van der Waals surface area contributed by atoms with Gasteiger partial charge in [0.15, 0.2) is 5.69 Å². The molecule has 8 heteroatoms. The maximum Gasteiger partial charge on any atom is 0.272 e. The lowest BCUT2D eigenvalue weighted by molar-refractivity contribution is 0.0730. The average molecular weight is 419 g/mol. The van der Waals surface area contributed by atoms with E-state index in [4.69, 9.17) is 0 Å². The summed E-state index contributed by atoms with van der Waals surface area (Å²) in [4.78, 5) is 27.8. The van der Waals surface area contributed by atoms with Crippen LogP contribution in [0.3, 0.4) is 0 Å². The highest BCUT2D eigenvalue weighted by atomic mass is 16.2. The van der Waals surface area contributed by atoms with Crippen molar-refractivity contribution in [3.05, 3.63) is 65.2 Å². The fourth-order valence-corrected chi connectivity index (χ4v) is 4.17. The third kappa shape index (κ3) is 3.85. The molecule has 1 aliphatic carbocycles. The molecule has 2 aromatic heterocycles. The van der Waals surface area contributed by atoms with Crippen LogP contribution in [-0.2, 0) is 19.5 Å². The quantitative estimate of drug-likeness (QED) is 0.666. The lowest BCUT2D eigenvalue weighted by Gasteiger charge is -2.28. The predicted molar refractivity (Wildman–Crippen MR) is 115 cm³/mol. The van der Waals surface area contributed by atoms with Crippen molar-refractivity contribution in [2.24, 2.45) is 5.92 Å². The summed E-state index contributed by atoms with van der Waals surface area (Å²) in [7, 11) is 0. The summed E-state index contributed by atoms with van der Waals surface area (Å²) in [5.41, 5.74) is 3.90. The van der Waals surface area contributed by atoms with Crippen LogP contribution in [0.2, 0.25) is 0 Å². The molecule has 160 valence electrons. The smallest absolute Gasteiger partial charge is 0.272 e.